The first-order valence-corrected chi connectivity index (χ1v) is 14.2. The van der Waals surface area contributed by atoms with Crippen LogP contribution in [0.1, 0.15) is 71.1 Å². The van der Waals surface area contributed by atoms with Crippen LogP contribution in [0.2, 0.25) is 0 Å². The normalized spacial score (nSPS) is 15.9. The van der Waals surface area contributed by atoms with Crippen LogP contribution in [0.3, 0.4) is 0 Å². The molecule has 0 aromatic carbocycles. The topological polar surface area (TPSA) is 149 Å². The van der Waals surface area contributed by atoms with Crippen molar-refractivity contribution in [2.75, 3.05) is 26.4 Å². The van der Waals surface area contributed by atoms with Gasteiger partial charge in [0.05, 0.1) is 19.8 Å². The molecule has 0 spiro atoms. The van der Waals surface area contributed by atoms with E-state index >= 15 is 0 Å². The second-order valence-corrected chi connectivity index (χ2v) is 9.72. The lowest BCUT2D eigenvalue weighted by Crippen LogP contribution is -2.34. The zero-order chi connectivity index (χ0) is 26.9. The number of rotatable bonds is 24. The van der Waals surface area contributed by atoms with Gasteiger partial charge >= 0.3 is 13.8 Å². The van der Waals surface area contributed by atoms with E-state index in [1.54, 1.807) is 0 Å². The molecular formula is C26H46NO8P. The average molecular weight is 532 g/mol. The van der Waals surface area contributed by atoms with Crippen molar-refractivity contribution in [2.24, 2.45) is 5.73 Å². The van der Waals surface area contributed by atoms with E-state index < -0.39 is 39.2 Å². The molecule has 0 aromatic heterocycles. The number of carboxylic acids is 1. The minimum absolute atomic E-state index is 0.364. The number of aliphatic carboxylic acids is 1. The molecule has 208 valence electrons. The molecule has 0 aliphatic carbocycles. The summed E-state index contributed by atoms with van der Waals surface area (Å²) in [6, 6.07) is -1.44. The van der Waals surface area contributed by atoms with E-state index in [0.29, 0.717) is 6.61 Å². The van der Waals surface area contributed by atoms with Gasteiger partial charge in [-0.3, -0.25) is 13.8 Å². The van der Waals surface area contributed by atoms with Gasteiger partial charge in [-0.05, 0) is 51.4 Å². The molecule has 1 unspecified atom stereocenters. The van der Waals surface area contributed by atoms with Gasteiger partial charge < -0.3 is 25.6 Å². The molecule has 0 amide bonds. The Morgan fingerprint density at radius 1 is 0.861 bits per heavy atom. The second kappa shape index (κ2) is 23.8. The van der Waals surface area contributed by atoms with Gasteiger partial charge in [-0.25, -0.2) is 4.57 Å². The monoisotopic (exact) mass is 531 g/mol. The Hall–Kier alpha value is -1.58. The van der Waals surface area contributed by atoms with Crippen LogP contribution in [0, 0.1) is 0 Å². The van der Waals surface area contributed by atoms with E-state index in [-0.39, 0.29) is 6.61 Å². The van der Waals surface area contributed by atoms with Crippen LogP contribution in [-0.2, 0) is 23.1 Å². The number of carboxylic acid groups (broad SMARTS) is 1. The van der Waals surface area contributed by atoms with Crippen molar-refractivity contribution in [1.82, 2.24) is 0 Å². The third kappa shape index (κ3) is 22.9. The highest BCUT2D eigenvalue weighted by Crippen LogP contribution is 2.43. The fourth-order valence-electron chi connectivity index (χ4n) is 2.79. The number of phosphoric ester groups is 1. The number of hydrogen-bond acceptors (Lipinski definition) is 7. The number of ether oxygens (including phenoxy) is 1. The Balaban J connectivity index is 3.77. The van der Waals surface area contributed by atoms with Crippen LogP contribution >= 0.6 is 7.82 Å². The first kappa shape index (κ1) is 34.4. The second-order valence-electron chi connectivity index (χ2n) is 8.26. The Bertz CT molecular complexity index is 708. The Morgan fingerprint density at radius 3 is 1.86 bits per heavy atom. The number of allylic oxidation sites excluding steroid dienone is 8. The number of phosphoric acid groups is 1. The summed E-state index contributed by atoms with van der Waals surface area (Å²) >= 11 is 0. The smallest absolute Gasteiger partial charge is 0.472 e. The summed E-state index contributed by atoms with van der Waals surface area (Å²) in [6.45, 7) is 1.14. The molecule has 9 nitrogen and oxygen atoms in total. The molecule has 0 radical (unpaired) electrons. The van der Waals surface area contributed by atoms with Gasteiger partial charge in [0.1, 0.15) is 12.1 Å². The molecule has 0 heterocycles. The lowest BCUT2D eigenvalue weighted by atomic mass is 10.2. The molecule has 0 rings (SSSR count). The first-order chi connectivity index (χ1) is 17.3. The van der Waals surface area contributed by atoms with Crippen LogP contribution in [-0.4, -0.2) is 59.6 Å². The summed E-state index contributed by atoms with van der Waals surface area (Å²) < 4.78 is 26.4. The van der Waals surface area contributed by atoms with E-state index in [2.05, 4.69) is 60.1 Å². The van der Waals surface area contributed by atoms with Crippen molar-refractivity contribution in [3.05, 3.63) is 48.6 Å². The van der Waals surface area contributed by atoms with Crippen molar-refractivity contribution in [1.29, 1.82) is 0 Å². The maximum Gasteiger partial charge on any atom is 0.472 e. The van der Waals surface area contributed by atoms with Crippen molar-refractivity contribution < 1.29 is 38.3 Å². The van der Waals surface area contributed by atoms with Crippen LogP contribution in [0.5, 0.6) is 0 Å². The number of aliphatic hydroxyl groups excluding tert-OH is 1. The largest absolute Gasteiger partial charge is 0.480 e. The molecule has 3 atom stereocenters. The minimum atomic E-state index is -4.49. The van der Waals surface area contributed by atoms with Crippen molar-refractivity contribution >= 4 is 13.8 Å². The van der Waals surface area contributed by atoms with E-state index in [0.717, 1.165) is 38.5 Å². The van der Waals surface area contributed by atoms with Gasteiger partial charge in [-0.15, -0.1) is 0 Å². The molecule has 0 saturated carbocycles. The van der Waals surface area contributed by atoms with Gasteiger partial charge in [0.25, 0.3) is 0 Å². The third-order valence-electron chi connectivity index (χ3n) is 4.94. The Kier molecular flexibility index (Phi) is 22.8. The molecule has 10 heteroatoms. The first-order valence-electron chi connectivity index (χ1n) is 12.7. The van der Waals surface area contributed by atoms with E-state index in [1.807, 2.05) is 0 Å². The van der Waals surface area contributed by atoms with Gasteiger partial charge in [0, 0.05) is 6.61 Å². The summed E-state index contributed by atoms with van der Waals surface area (Å²) in [7, 11) is -4.49. The highest BCUT2D eigenvalue weighted by atomic mass is 31.2. The lowest BCUT2D eigenvalue weighted by Gasteiger charge is -2.18. The zero-order valence-corrected chi connectivity index (χ0v) is 22.5. The number of aliphatic hydroxyl groups is 1. The maximum atomic E-state index is 11.7. The molecule has 0 saturated heterocycles. The fraction of sp³-hybridized carbons (Fsp3) is 0.654. The Morgan fingerprint density at radius 2 is 1.36 bits per heavy atom. The summed E-state index contributed by atoms with van der Waals surface area (Å²) in [5, 5.41) is 18.0. The Labute approximate surface area is 216 Å². The van der Waals surface area contributed by atoms with E-state index in [9.17, 15) is 19.4 Å². The highest BCUT2D eigenvalue weighted by Gasteiger charge is 2.26. The quantitative estimate of drug-likeness (QED) is 0.0762. The van der Waals surface area contributed by atoms with E-state index in [1.165, 1.54) is 25.7 Å². The number of hydrogen-bond donors (Lipinski definition) is 4. The summed E-state index contributed by atoms with van der Waals surface area (Å²) in [4.78, 5) is 20.1. The molecule has 0 aliphatic rings. The fourth-order valence-corrected chi connectivity index (χ4v) is 3.57. The number of nitrogens with two attached hydrogens (primary N) is 1. The van der Waals surface area contributed by atoms with Crippen LogP contribution < -0.4 is 5.73 Å². The number of carbonyl (C=O) groups is 1. The molecule has 0 bridgehead atoms. The maximum absolute atomic E-state index is 11.7. The van der Waals surface area contributed by atoms with Gasteiger partial charge in [-0.2, -0.15) is 0 Å². The predicted molar refractivity (Wildman–Crippen MR) is 143 cm³/mol. The molecule has 5 N–H and O–H groups in total. The summed E-state index contributed by atoms with van der Waals surface area (Å²) in [6.07, 6.45) is 27.1. The van der Waals surface area contributed by atoms with Gasteiger partial charge in [-0.1, -0.05) is 68.4 Å². The molecule has 0 fully saturated rings. The average Bonchev–Trinajstić information content (AvgIpc) is 2.85. The number of unbranched alkanes of at least 4 members (excludes halogenated alkanes) is 5. The predicted octanol–water partition coefficient (Wildman–Crippen LogP) is 5.06. The summed E-state index contributed by atoms with van der Waals surface area (Å²) in [5.41, 5.74) is 5.20. The minimum Gasteiger partial charge on any atom is -0.480 e. The van der Waals surface area contributed by atoms with Crippen LogP contribution in [0.25, 0.3) is 0 Å². The SMILES string of the molecule is CCCCC/C=C\C/C=C\C/C=C\C/C=C\CCCCO[C@H](CO)COP(=O)(O)OC[C@H](N)C(=O)O. The molecule has 36 heavy (non-hydrogen) atoms. The molecule has 0 aliphatic heterocycles. The van der Waals surface area contributed by atoms with Crippen LogP contribution in [0.4, 0.5) is 0 Å². The molecule has 0 aromatic rings. The molecular weight excluding hydrogens is 485 g/mol. The van der Waals surface area contributed by atoms with Crippen LogP contribution in [0.15, 0.2) is 48.6 Å². The zero-order valence-electron chi connectivity index (χ0n) is 21.6. The van der Waals surface area contributed by atoms with Gasteiger partial charge in [0.2, 0.25) is 0 Å². The van der Waals surface area contributed by atoms with Crippen molar-refractivity contribution in [3.8, 4) is 0 Å². The third-order valence-corrected chi connectivity index (χ3v) is 5.89. The standard InChI is InChI=1S/C26H46NO8P/c1-2-3-4-5-6-7-8-9-10-11-12-13-14-15-16-17-18-19-20-33-24(21-28)22-34-36(31,32)35-23-25(27)26(29)30/h6-7,9-10,12-13,15-16,24-25,28H,2-5,8,11,14,17-23,27H2,1H3,(H,29,30)(H,31,32)/b7-6-,10-9-,13-12-,16-15-/t24-,25+/m1/s1. The van der Waals surface area contributed by atoms with E-state index in [4.69, 9.17) is 20.1 Å². The summed E-state index contributed by atoms with van der Waals surface area (Å²) in [5.74, 6) is -1.36. The lowest BCUT2D eigenvalue weighted by molar-refractivity contribution is -0.139. The van der Waals surface area contributed by atoms with Crippen molar-refractivity contribution in [3.63, 3.8) is 0 Å². The van der Waals surface area contributed by atoms with Crippen molar-refractivity contribution in [2.45, 2.75) is 83.3 Å². The van der Waals surface area contributed by atoms with Gasteiger partial charge in [0.15, 0.2) is 0 Å². The highest BCUT2D eigenvalue weighted by molar-refractivity contribution is 7.47.